The summed E-state index contributed by atoms with van der Waals surface area (Å²) < 4.78 is 0.751. The summed E-state index contributed by atoms with van der Waals surface area (Å²) in [7, 11) is 1.90. The Hall–Kier alpha value is -2.51. The lowest BCUT2D eigenvalue weighted by Gasteiger charge is -2.19. The fourth-order valence-electron chi connectivity index (χ4n) is 3.30. The van der Waals surface area contributed by atoms with Crippen molar-refractivity contribution in [3.8, 4) is 0 Å². The molecule has 7 heteroatoms. The van der Waals surface area contributed by atoms with Crippen LogP contribution < -0.4 is 25.4 Å². The summed E-state index contributed by atoms with van der Waals surface area (Å²) in [5.74, 6) is 0.593. The van der Waals surface area contributed by atoms with E-state index in [9.17, 15) is 4.79 Å². The van der Waals surface area contributed by atoms with E-state index in [1.807, 2.05) is 14.0 Å². The molecule has 3 rings (SSSR count). The molecule has 0 spiro atoms. The minimum Gasteiger partial charge on any atom is -0.350 e. The van der Waals surface area contributed by atoms with Crippen molar-refractivity contribution in [2.24, 2.45) is 4.99 Å². The molecule has 28 heavy (non-hydrogen) atoms. The zero-order valence-electron chi connectivity index (χ0n) is 16.7. The van der Waals surface area contributed by atoms with E-state index in [0.29, 0.717) is 16.9 Å². The third-order valence-electron chi connectivity index (χ3n) is 4.63. The van der Waals surface area contributed by atoms with E-state index in [-0.39, 0.29) is 5.91 Å². The number of hydrogen-bond acceptors (Lipinski definition) is 6. The number of thiazole rings is 1. The first-order valence-corrected chi connectivity index (χ1v) is 10.4. The molecule has 1 amide bonds. The second-order valence-electron chi connectivity index (χ2n) is 6.75. The number of hydrogen-bond donors (Lipinski definition) is 2. The van der Waals surface area contributed by atoms with Crippen molar-refractivity contribution in [3.63, 3.8) is 0 Å². The number of amides is 1. The van der Waals surface area contributed by atoms with Crippen LogP contribution in [0.4, 0.5) is 5.69 Å². The average Bonchev–Trinajstić information content (AvgIpc) is 3.26. The molecule has 0 saturated heterocycles. The molecule has 1 aliphatic rings. The van der Waals surface area contributed by atoms with E-state index in [0.717, 1.165) is 42.0 Å². The van der Waals surface area contributed by atoms with Crippen LogP contribution in [0.3, 0.4) is 0 Å². The van der Waals surface area contributed by atoms with Crippen LogP contribution in [-0.2, 0) is 6.42 Å². The average molecular weight is 398 g/mol. The van der Waals surface area contributed by atoms with E-state index in [1.165, 1.54) is 22.5 Å². The van der Waals surface area contributed by atoms with Crippen LogP contribution in [0.25, 0.3) is 12.4 Å². The number of nitrogens with zero attached hydrogens (tertiary/aromatic N) is 3. The highest BCUT2D eigenvalue weighted by molar-refractivity contribution is 7.11. The molecule has 2 N–H and O–H groups in total. The first-order valence-electron chi connectivity index (χ1n) is 9.53. The molecule has 0 atom stereocenters. The summed E-state index contributed by atoms with van der Waals surface area (Å²) in [6, 6.07) is 6.47. The Bertz CT molecular complexity index is 995. The van der Waals surface area contributed by atoms with Gasteiger partial charge in [0.25, 0.3) is 5.91 Å². The molecule has 0 aliphatic carbocycles. The SMILES string of the molecule is C=c1sc(C(=O)NCCCNC)n/c1=C(/N=C\C)N1CCc2cc(C)ccc21. The molecule has 0 radical (unpaired) electrons. The summed E-state index contributed by atoms with van der Waals surface area (Å²) in [4.78, 5) is 23.8. The standard InChI is InChI=1S/C21H27N5OS/c1-5-23-19(26-12-9-16-13-14(2)7-8-17(16)26)18-15(3)28-21(25-18)20(27)24-11-6-10-22-4/h5,7-8,13,22H,3,6,9-12H2,1-2,4H3,(H,24,27)/b19-18-,23-5-. The van der Waals surface area contributed by atoms with E-state index < -0.39 is 0 Å². The molecule has 2 aromatic rings. The van der Waals surface area contributed by atoms with Crippen LogP contribution in [0.2, 0.25) is 0 Å². The summed E-state index contributed by atoms with van der Waals surface area (Å²) in [5, 5.41) is 7.09. The molecule has 0 saturated carbocycles. The lowest BCUT2D eigenvalue weighted by atomic mass is 10.1. The van der Waals surface area contributed by atoms with Crippen molar-refractivity contribution in [2.45, 2.75) is 26.7 Å². The maximum absolute atomic E-state index is 12.4. The number of carbonyl (C=O) groups is 1. The fourth-order valence-corrected chi connectivity index (χ4v) is 4.07. The van der Waals surface area contributed by atoms with Gasteiger partial charge in [0.05, 0.1) is 4.53 Å². The molecule has 1 aromatic heterocycles. The fraction of sp³-hybridized carbons (Fsp3) is 0.381. The number of aromatic nitrogens is 1. The van der Waals surface area contributed by atoms with Crippen LogP contribution in [0.5, 0.6) is 0 Å². The Balaban J connectivity index is 1.95. The molecular weight excluding hydrogens is 370 g/mol. The number of aryl methyl sites for hydroxylation is 1. The maximum atomic E-state index is 12.4. The Labute approximate surface area is 169 Å². The normalized spacial score (nSPS) is 14.5. The predicted molar refractivity (Wildman–Crippen MR) is 118 cm³/mol. The Morgan fingerprint density at radius 1 is 1.43 bits per heavy atom. The first kappa shape index (κ1) is 20.2. The zero-order chi connectivity index (χ0) is 20.1. The molecule has 1 aliphatic heterocycles. The van der Waals surface area contributed by atoms with Gasteiger partial charge in [-0.05, 0) is 51.9 Å². The molecule has 0 unspecified atom stereocenters. The van der Waals surface area contributed by atoms with E-state index in [1.54, 1.807) is 6.21 Å². The molecule has 0 bridgehead atoms. The number of nitrogens with one attached hydrogen (secondary N) is 2. The summed E-state index contributed by atoms with van der Waals surface area (Å²) >= 11 is 1.31. The number of aliphatic imine (C=N–C) groups is 1. The van der Waals surface area contributed by atoms with Gasteiger partial charge in [-0.25, -0.2) is 9.98 Å². The number of benzene rings is 1. The van der Waals surface area contributed by atoms with Crippen LogP contribution in [-0.4, -0.2) is 43.8 Å². The second-order valence-corrected chi connectivity index (χ2v) is 7.83. The Morgan fingerprint density at radius 2 is 2.25 bits per heavy atom. The lowest BCUT2D eigenvalue weighted by Crippen LogP contribution is -2.32. The second kappa shape index (κ2) is 9.12. The van der Waals surface area contributed by atoms with Crippen molar-refractivity contribution >= 4 is 41.5 Å². The number of anilines is 1. The third-order valence-corrected chi connectivity index (χ3v) is 5.54. The highest BCUT2D eigenvalue weighted by Crippen LogP contribution is 2.32. The van der Waals surface area contributed by atoms with Gasteiger partial charge in [-0.3, -0.25) is 4.79 Å². The van der Waals surface area contributed by atoms with Crippen molar-refractivity contribution in [3.05, 3.63) is 44.2 Å². The van der Waals surface area contributed by atoms with Crippen LogP contribution in [0.1, 0.15) is 34.3 Å². The monoisotopic (exact) mass is 397 g/mol. The topological polar surface area (TPSA) is 69.6 Å². The van der Waals surface area contributed by atoms with E-state index in [2.05, 4.69) is 57.2 Å². The molecular formula is C21H27N5OS. The van der Waals surface area contributed by atoms with Gasteiger partial charge in [-0.2, -0.15) is 0 Å². The smallest absolute Gasteiger partial charge is 0.280 e. The van der Waals surface area contributed by atoms with Crippen molar-refractivity contribution in [1.29, 1.82) is 0 Å². The van der Waals surface area contributed by atoms with Crippen molar-refractivity contribution in [2.75, 3.05) is 31.6 Å². The van der Waals surface area contributed by atoms with Crippen LogP contribution in [0, 0.1) is 6.92 Å². The van der Waals surface area contributed by atoms with Gasteiger partial charge in [0.2, 0.25) is 0 Å². The van der Waals surface area contributed by atoms with Crippen LogP contribution in [0.15, 0.2) is 23.2 Å². The summed E-state index contributed by atoms with van der Waals surface area (Å²) in [5.41, 5.74) is 3.72. The van der Waals surface area contributed by atoms with Crippen molar-refractivity contribution in [1.82, 2.24) is 15.6 Å². The molecule has 0 fully saturated rings. The van der Waals surface area contributed by atoms with Gasteiger partial charge >= 0.3 is 0 Å². The minimum absolute atomic E-state index is 0.158. The minimum atomic E-state index is -0.158. The van der Waals surface area contributed by atoms with Crippen molar-refractivity contribution < 1.29 is 4.79 Å². The van der Waals surface area contributed by atoms with Gasteiger partial charge in [0.15, 0.2) is 10.8 Å². The van der Waals surface area contributed by atoms with Gasteiger partial charge in [-0.15, -0.1) is 11.3 Å². The summed E-state index contributed by atoms with van der Waals surface area (Å²) in [6.07, 6.45) is 3.60. The van der Waals surface area contributed by atoms with Gasteiger partial charge in [-0.1, -0.05) is 24.3 Å². The zero-order valence-corrected chi connectivity index (χ0v) is 17.5. The highest BCUT2D eigenvalue weighted by Gasteiger charge is 2.23. The Kier molecular flexibility index (Phi) is 6.59. The van der Waals surface area contributed by atoms with E-state index in [4.69, 9.17) is 0 Å². The van der Waals surface area contributed by atoms with Gasteiger partial charge in [0, 0.05) is 25.0 Å². The van der Waals surface area contributed by atoms with Gasteiger partial charge < -0.3 is 15.5 Å². The quantitative estimate of drug-likeness (QED) is 0.548. The first-order chi connectivity index (χ1) is 13.5. The molecule has 148 valence electrons. The number of rotatable bonds is 7. The highest BCUT2D eigenvalue weighted by atomic mass is 32.1. The van der Waals surface area contributed by atoms with E-state index >= 15 is 0 Å². The summed E-state index contributed by atoms with van der Waals surface area (Å²) in [6.45, 7) is 10.4. The third kappa shape index (κ3) is 4.31. The van der Waals surface area contributed by atoms with Gasteiger partial charge in [0.1, 0.15) is 5.35 Å². The Morgan fingerprint density at radius 3 is 3.00 bits per heavy atom. The van der Waals surface area contributed by atoms with Crippen LogP contribution >= 0.6 is 11.3 Å². The molecule has 1 aromatic carbocycles. The molecule has 2 heterocycles. The number of carbonyl (C=O) groups excluding carboxylic acids is 1. The largest absolute Gasteiger partial charge is 0.350 e. The lowest BCUT2D eigenvalue weighted by molar-refractivity contribution is 0.0952. The molecule has 6 nitrogen and oxygen atoms in total. The maximum Gasteiger partial charge on any atom is 0.280 e. The predicted octanol–water partition coefficient (Wildman–Crippen LogP) is 1.42. The number of fused-ring (bicyclic) bond motifs is 1.